The lowest BCUT2D eigenvalue weighted by molar-refractivity contribution is -0.192. The zero-order valence-corrected chi connectivity index (χ0v) is 17.8. The molecule has 3 heterocycles. The van der Waals surface area contributed by atoms with Gasteiger partial charge in [0.05, 0.1) is 19.3 Å². The molecule has 1 amide bonds. The highest BCUT2D eigenvalue weighted by molar-refractivity contribution is 5.94. The minimum atomic E-state index is -5.08. The van der Waals surface area contributed by atoms with Crippen molar-refractivity contribution in [2.45, 2.75) is 31.7 Å². The molecule has 0 bridgehead atoms. The molecular formula is C23H25F3N2O5. The zero-order valence-electron chi connectivity index (χ0n) is 17.8. The van der Waals surface area contributed by atoms with Crippen LogP contribution >= 0.6 is 0 Å². The molecule has 2 aromatic rings. The number of amides is 1. The number of pyridine rings is 1. The number of hydrogen-bond donors (Lipinski definition) is 1. The van der Waals surface area contributed by atoms with E-state index in [0.717, 1.165) is 37.1 Å². The number of nitrogens with zero attached hydrogens (tertiary/aromatic N) is 2. The SMILES string of the molecule is O=C(O)C(F)(F)F.O=C(c1ccccc1)N1CC[C@H]2OCC[C@@]2(COCc2ccncc2)C1. The number of carbonyl (C=O) groups is 2. The third kappa shape index (κ3) is 6.52. The average molecular weight is 466 g/mol. The number of halogens is 3. The largest absolute Gasteiger partial charge is 0.490 e. The fraction of sp³-hybridized carbons (Fsp3) is 0.435. The average Bonchev–Trinajstić information content (AvgIpc) is 3.23. The molecule has 2 saturated heterocycles. The van der Waals surface area contributed by atoms with E-state index in [0.29, 0.717) is 19.8 Å². The van der Waals surface area contributed by atoms with Crippen LogP contribution in [0, 0.1) is 5.41 Å². The van der Waals surface area contributed by atoms with E-state index in [1.54, 1.807) is 12.4 Å². The number of carboxylic acid groups (broad SMARTS) is 1. The van der Waals surface area contributed by atoms with Gasteiger partial charge >= 0.3 is 12.1 Å². The molecule has 2 aliphatic heterocycles. The minimum absolute atomic E-state index is 0.101. The van der Waals surface area contributed by atoms with Crippen molar-refractivity contribution in [3.8, 4) is 0 Å². The van der Waals surface area contributed by atoms with Gasteiger partial charge in [0.15, 0.2) is 0 Å². The summed E-state index contributed by atoms with van der Waals surface area (Å²) < 4.78 is 43.8. The van der Waals surface area contributed by atoms with Crippen LogP contribution in [0.25, 0.3) is 0 Å². The molecule has 33 heavy (non-hydrogen) atoms. The number of ether oxygens (including phenoxy) is 2. The van der Waals surface area contributed by atoms with Gasteiger partial charge in [-0.3, -0.25) is 9.78 Å². The number of likely N-dealkylation sites (tertiary alicyclic amines) is 1. The van der Waals surface area contributed by atoms with Gasteiger partial charge in [-0.05, 0) is 42.7 Å². The van der Waals surface area contributed by atoms with E-state index in [-0.39, 0.29) is 17.4 Å². The van der Waals surface area contributed by atoms with E-state index in [9.17, 15) is 18.0 Å². The maximum absolute atomic E-state index is 12.9. The predicted octanol–water partition coefficient (Wildman–Crippen LogP) is 3.55. The molecule has 7 nitrogen and oxygen atoms in total. The Morgan fingerprint density at radius 3 is 2.48 bits per heavy atom. The number of alkyl halides is 3. The molecule has 0 spiro atoms. The van der Waals surface area contributed by atoms with Gasteiger partial charge < -0.3 is 19.5 Å². The molecule has 1 aromatic carbocycles. The number of aliphatic carboxylic acids is 1. The molecular weight excluding hydrogens is 441 g/mol. The summed E-state index contributed by atoms with van der Waals surface area (Å²) in [5, 5.41) is 7.12. The lowest BCUT2D eigenvalue weighted by Gasteiger charge is -2.43. The molecule has 1 N–H and O–H groups in total. The standard InChI is InChI=1S/C21H24N2O3.C2HF3O2/c24-20(18-4-2-1-3-5-18)23-12-8-19-21(15-23,9-13-26-19)16-25-14-17-6-10-22-11-7-17;3-2(4,5)1(6)7/h1-7,10-11,19H,8-9,12-16H2;(H,6,7)/t19-,21+;/m1./s1. The Kier molecular flexibility index (Phi) is 8.04. The highest BCUT2D eigenvalue weighted by Gasteiger charge is 2.49. The van der Waals surface area contributed by atoms with Gasteiger partial charge in [0.1, 0.15) is 0 Å². The van der Waals surface area contributed by atoms with Gasteiger partial charge in [-0.25, -0.2) is 4.79 Å². The van der Waals surface area contributed by atoms with Gasteiger partial charge in [-0.15, -0.1) is 0 Å². The van der Waals surface area contributed by atoms with Crippen LogP contribution in [-0.4, -0.2) is 65.5 Å². The quantitative estimate of drug-likeness (QED) is 0.725. The Morgan fingerprint density at radius 1 is 1.18 bits per heavy atom. The molecule has 2 atom stereocenters. The summed E-state index contributed by atoms with van der Waals surface area (Å²) in [6.07, 6.45) is 0.461. The van der Waals surface area contributed by atoms with Crippen molar-refractivity contribution in [1.29, 1.82) is 0 Å². The van der Waals surface area contributed by atoms with Gasteiger partial charge in [0, 0.05) is 43.1 Å². The number of hydrogen-bond acceptors (Lipinski definition) is 5. The molecule has 0 radical (unpaired) electrons. The van der Waals surface area contributed by atoms with Gasteiger partial charge in [-0.1, -0.05) is 18.2 Å². The summed E-state index contributed by atoms with van der Waals surface area (Å²) in [5.41, 5.74) is 1.76. The Bertz CT molecular complexity index is 927. The molecule has 4 rings (SSSR count). The van der Waals surface area contributed by atoms with Crippen LogP contribution in [0.2, 0.25) is 0 Å². The summed E-state index contributed by atoms with van der Waals surface area (Å²) in [6.45, 7) is 3.35. The van der Waals surface area contributed by atoms with Crippen molar-refractivity contribution in [2.75, 3.05) is 26.3 Å². The maximum Gasteiger partial charge on any atom is 0.490 e. The van der Waals surface area contributed by atoms with Crippen molar-refractivity contribution in [3.05, 3.63) is 66.0 Å². The fourth-order valence-corrected chi connectivity index (χ4v) is 4.04. The van der Waals surface area contributed by atoms with Crippen LogP contribution in [-0.2, 0) is 20.9 Å². The van der Waals surface area contributed by atoms with E-state index < -0.39 is 12.1 Å². The normalized spacial score (nSPS) is 22.2. The van der Waals surface area contributed by atoms with E-state index in [1.165, 1.54) is 0 Å². The molecule has 1 aromatic heterocycles. The van der Waals surface area contributed by atoms with Gasteiger partial charge in [-0.2, -0.15) is 13.2 Å². The number of fused-ring (bicyclic) bond motifs is 1. The van der Waals surface area contributed by atoms with E-state index in [2.05, 4.69) is 4.98 Å². The second kappa shape index (κ2) is 10.8. The zero-order chi connectivity index (χ0) is 23.9. The molecule has 0 unspecified atom stereocenters. The van der Waals surface area contributed by atoms with Crippen molar-refractivity contribution in [1.82, 2.24) is 9.88 Å². The molecule has 2 fully saturated rings. The lowest BCUT2D eigenvalue weighted by Crippen LogP contribution is -2.53. The van der Waals surface area contributed by atoms with E-state index in [4.69, 9.17) is 19.4 Å². The summed E-state index contributed by atoms with van der Waals surface area (Å²) in [4.78, 5) is 27.8. The van der Waals surface area contributed by atoms with E-state index in [1.807, 2.05) is 47.4 Å². The summed E-state index contributed by atoms with van der Waals surface area (Å²) in [7, 11) is 0. The highest BCUT2D eigenvalue weighted by Crippen LogP contribution is 2.41. The first-order valence-electron chi connectivity index (χ1n) is 10.4. The number of rotatable bonds is 5. The summed E-state index contributed by atoms with van der Waals surface area (Å²) in [6, 6.07) is 13.4. The Labute approximate surface area is 189 Å². The fourth-order valence-electron chi connectivity index (χ4n) is 4.04. The molecule has 178 valence electrons. The molecule has 0 aliphatic carbocycles. The van der Waals surface area contributed by atoms with Crippen molar-refractivity contribution >= 4 is 11.9 Å². The van der Waals surface area contributed by atoms with Crippen LogP contribution < -0.4 is 0 Å². The minimum Gasteiger partial charge on any atom is -0.475 e. The Morgan fingerprint density at radius 2 is 1.85 bits per heavy atom. The third-order valence-corrected chi connectivity index (χ3v) is 5.73. The molecule has 10 heteroatoms. The first kappa shape index (κ1) is 24.7. The number of benzene rings is 1. The van der Waals surface area contributed by atoms with E-state index >= 15 is 0 Å². The van der Waals surface area contributed by atoms with Crippen molar-refractivity contribution < 1.29 is 37.3 Å². The first-order valence-corrected chi connectivity index (χ1v) is 10.4. The smallest absolute Gasteiger partial charge is 0.475 e. The van der Waals surface area contributed by atoms with Crippen LogP contribution in [0.15, 0.2) is 54.9 Å². The topological polar surface area (TPSA) is 89.0 Å². The second-order valence-electron chi connectivity index (χ2n) is 8.00. The Balaban J connectivity index is 0.000000383. The second-order valence-corrected chi connectivity index (χ2v) is 8.00. The van der Waals surface area contributed by atoms with Gasteiger partial charge in [0.2, 0.25) is 0 Å². The number of aromatic nitrogens is 1. The van der Waals surface area contributed by atoms with Gasteiger partial charge in [0.25, 0.3) is 5.91 Å². The highest BCUT2D eigenvalue weighted by atomic mass is 19.4. The molecule has 0 saturated carbocycles. The predicted molar refractivity (Wildman–Crippen MR) is 111 cm³/mol. The number of carboxylic acids is 1. The lowest BCUT2D eigenvalue weighted by atomic mass is 9.77. The van der Waals surface area contributed by atoms with Crippen LogP contribution in [0.3, 0.4) is 0 Å². The number of carbonyl (C=O) groups excluding carboxylic acids is 1. The Hall–Kier alpha value is -2.98. The van der Waals surface area contributed by atoms with Crippen LogP contribution in [0.1, 0.15) is 28.8 Å². The summed E-state index contributed by atoms with van der Waals surface area (Å²) >= 11 is 0. The monoisotopic (exact) mass is 466 g/mol. The van der Waals surface area contributed by atoms with Crippen LogP contribution in [0.4, 0.5) is 13.2 Å². The summed E-state index contributed by atoms with van der Waals surface area (Å²) in [5.74, 6) is -2.66. The number of piperidine rings is 1. The van der Waals surface area contributed by atoms with Crippen LogP contribution in [0.5, 0.6) is 0 Å². The van der Waals surface area contributed by atoms with Crippen molar-refractivity contribution in [2.24, 2.45) is 5.41 Å². The maximum atomic E-state index is 12.9. The molecule has 2 aliphatic rings. The first-order chi connectivity index (χ1) is 15.7. The van der Waals surface area contributed by atoms with Crippen molar-refractivity contribution in [3.63, 3.8) is 0 Å². The third-order valence-electron chi connectivity index (χ3n) is 5.73.